The molecule has 8 nitrogen and oxygen atoms in total. The van der Waals surface area contributed by atoms with Crippen LogP contribution in [0.25, 0.3) is 10.2 Å². The van der Waals surface area contributed by atoms with Crippen molar-refractivity contribution in [2.75, 3.05) is 18.2 Å². The largest absolute Gasteiger partial charge is 0.497 e. The van der Waals surface area contributed by atoms with Gasteiger partial charge in [-0.3, -0.25) is 4.79 Å². The highest BCUT2D eigenvalue weighted by Gasteiger charge is 2.26. The van der Waals surface area contributed by atoms with Gasteiger partial charge in [0.25, 0.3) is 0 Å². The zero-order valence-corrected chi connectivity index (χ0v) is 19.7. The second-order valence-corrected chi connectivity index (χ2v) is 9.42. The fraction of sp³-hybridized carbons (Fsp3) is 0.318. The lowest BCUT2D eigenvalue weighted by molar-refractivity contribution is -0.115. The summed E-state index contributed by atoms with van der Waals surface area (Å²) in [5.41, 5.74) is 7.82. The minimum absolute atomic E-state index is 0.0630. The van der Waals surface area contributed by atoms with Crippen LogP contribution >= 0.6 is 23.1 Å². The van der Waals surface area contributed by atoms with Crippen molar-refractivity contribution < 1.29 is 9.53 Å². The second-order valence-electron chi connectivity index (χ2n) is 7.20. The number of thioether (sulfide) groups is 1. The van der Waals surface area contributed by atoms with E-state index in [-0.39, 0.29) is 28.8 Å². The number of nitrogen functional groups attached to an aromatic ring is 1. The van der Waals surface area contributed by atoms with Gasteiger partial charge in [-0.2, -0.15) is 10.5 Å². The maximum Gasteiger partial charge on any atom is 0.239 e. The fourth-order valence-corrected chi connectivity index (χ4v) is 5.14. The number of hydrogen-bond acceptors (Lipinski definition) is 9. The number of anilines is 2. The van der Waals surface area contributed by atoms with Crippen LogP contribution in [0, 0.1) is 22.7 Å². The molecule has 3 N–H and O–H groups in total. The van der Waals surface area contributed by atoms with Crippen molar-refractivity contribution in [3.63, 3.8) is 0 Å². The Morgan fingerprint density at radius 3 is 2.59 bits per heavy atom. The van der Waals surface area contributed by atoms with Crippen LogP contribution in [0.5, 0.6) is 5.75 Å². The fourth-order valence-electron chi connectivity index (χ4n) is 3.22. The highest BCUT2D eigenvalue weighted by molar-refractivity contribution is 8.00. The number of nitrogens with one attached hydrogen (secondary N) is 1. The van der Waals surface area contributed by atoms with Gasteiger partial charge in [-0.25, -0.2) is 9.97 Å². The summed E-state index contributed by atoms with van der Waals surface area (Å²) in [5.74, 6) is 0.435. The highest BCUT2D eigenvalue weighted by atomic mass is 32.2. The van der Waals surface area contributed by atoms with Crippen molar-refractivity contribution in [2.24, 2.45) is 0 Å². The molecule has 0 spiro atoms. The number of ether oxygens (including phenoxy) is 1. The van der Waals surface area contributed by atoms with E-state index in [1.165, 1.54) is 23.1 Å². The van der Waals surface area contributed by atoms with E-state index in [0.29, 0.717) is 22.1 Å². The number of hydrogen-bond donors (Lipinski definition) is 2. The molecule has 0 aliphatic rings. The third-order valence-corrected chi connectivity index (χ3v) is 7.06. The summed E-state index contributed by atoms with van der Waals surface area (Å²) < 4.78 is 6.13. The molecule has 3 aromatic rings. The van der Waals surface area contributed by atoms with Crippen LogP contribution in [0.4, 0.5) is 10.9 Å². The molecule has 0 aliphatic heterocycles. The van der Waals surface area contributed by atoms with E-state index >= 15 is 0 Å². The van der Waals surface area contributed by atoms with Crippen LogP contribution in [0.15, 0.2) is 23.2 Å². The zero-order valence-electron chi connectivity index (χ0n) is 18.1. The van der Waals surface area contributed by atoms with Crippen molar-refractivity contribution in [3.8, 4) is 17.9 Å². The number of amides is 1. The number of nitrogens with zero attached hydrogens (tertiary/aromatic N) is 4. The summed E-state index contributed by atoms with van der Waals surface area (Å²) in [7, 11) is 1.60. The summed E-state index contributed by atoms with van der Waals surface area (Å²) in [6.45, 7) is 5.65. The Bertz CT molecular complexity index is 1260. The number of rotatable bonds is 7. The molecule has 2 heterocycles. The molecule has 1 aromatic carbocycles. The van der Waals surface area contributed by atoms with Gasteiger partial charge in [-0.05, 0) is 36.1 Å². The summed E-state index contributed by atoms with van der Waals surface area (Å²) in [4.78, 5) is 21.7. The van der Waals surface area contributed by atoms with E-state index in [2.05, 4.69) is 21.4 Å². The number of carbonyl (C=O) groups is 1. The lowest BCUT2D eigenvalue weighted by Crippen LogP contribution is -2.25. The molecule has 1 unspecified atom stereocenters. The molecular weight excluding hydrogens is 444 g/mol. The smallest absolute Gasteiger partial charge is 0.239 e. The first-order chi connectivity index (χ1) is 15.3. The van der Waals surface area contributed by atoms with Crippen molar-refractivity contribution in [1.82, 2.24) is 9.97 Å². The number of methoxy groups -OCH3 is 1. The summed E-state index contributed by atoms with van der Waals surface area (Å²) >= 11 is 2.52. The van der Waals surface area contributed by atoms with Crippen LogP contribution < -0.4 is 15.8 Å². The van der Waals surface area contributed by atoms with Crippen molar-refractivity contribution in [1.29, 1.82) is 10.5 Å². The molecule has 3 rings (SSSR count). The number of thiazole rings is 1. The SMILES string of the molecule is CCC(Sc1nc(N)c(C#N)c(C(C)C)c1C#N)C(=O)Nc1nc2ccc(OC)cc2s1. The highest BCUT2D eigenvalue weighted by Crippen LogP contribution is 2.36. The van der Waals surface area contributed by atoms with E-state index in [1.807, 2.05) is 45.0 Å². The topological polar surface area (TPSA) is 138 Å². The summed E-state index contributed by atoms with van der Waals surface area (Å²) in [6.07, 6.45) is 0.499. The number of fused-ring (bicyclic) bond motifs is 1. The first-order valence-corrected chi connectivity index (χ1v) is 11.6. The lowest BCUT2D eigenvalue weighted by Gasteiger charge is -2.18. The molecule has 0 aliphatic carbocycles. The number of nitriles is 2. The average Bonchev–Trinajstić information content (AvgIpc) is 3.17. The van der Waals surface area contributed by atoms with Gasteiger partial charge in [0.1, 0.15) is 28.7 Å². The zero-order chi connectivity index (χ0) is 23.4. The number of carbonyl (C=O) groups excluding carboxylic acids is 1. The van der Waals surface area contributed by atoms with Crippen LogP contribution in [-0.4, -0.2) is 28.2 Å². The number of pyridine rings is 1. The van der Waals surface area contributed by atoms with E-state index in [4.69, 9.17) is 10.5 Å². The Kier molecular flexibility index (Phi) is 7.18. The average molecular weight is 467 g/mol. The first kappa shape index (κ1) is 23.3. The van der Waals surface area contributed by atoms with E-state index in [1.54, 1.807) is 7.11 Å². The normalized spacial score (nSPS) is 11.7. The number of aromatic nitrogens is 2. The third kappa shape index (κ3) is 4.62. The molecule has 0 saturated carbocycles. The molecule has 164 valence electrons. The maximum absolute atomic E-state index is 13.0. The Morgan fingerprint density at radius 2 is 2.00 bits per heavy atom. The minimum atomic E-state index is -0.525. The maximum atomic E-state index is 13.0. The van der Waals surface area contributed by atoms with Gasteiger partial charge >= 0.3 is 0 Å². The van der Waals surface area contributed by atoms with Gasteiger partial charge in [0.05, 0.1) is 33.7 Å². The number of nitrogens with two attached hydrogens (primary N) is 1. The van der Waals surface area contributed by atoms with Gasteiger partial charge in [0, 0.05) is 0 Å². The third-order valence-electron chi connectivity index (χ3n) is 4.77. The van der Waals surface area contributed by atoms with Crippen LogP contribution in [0.3, 0.4) is 0 Å². The molecule has 1 atom stereocenters. The van der Waals surface area contributed by atoms with E-state index < -0.39 is 5.25 Å². The Labute approximate surface area is 194 Å². The van der Waals surface area contributed by atoms with Crippen LogP contribution in [-0.2, 0) is 4.79 Å². The van der Waals surface area contributed by atoms with Gasteiger partial charge in [-0.15, -0.1) is 0 Å². The van der Waals surface area contributed by atoms with E-state index in [9.17, 15) is 15.3 Å². The van der Waals surface area contributed by atoms with Crippen LogP contribution in [0.2, 0.25) is 0 Å². The summed E-state index contributed by atoms with van der Waals surface area (Å²) in [6, 6.07) is 9.71. The van der Waals surface area contributed by atoms with Gasteiger partial charge in [0.15, 0.2) is 5.13 Å². The molecule has 0 fully saturated rings. The standard InChI is InChI=1S/C22H22N6O2S2/c1-5-16(20(29)28-22-26-15-7-6-12(30-4)8-17(15)32-22)31-21-14(10-24)18(11(2)3)13(9-23)19(25)27-21/h6-8,11,16H,5H2,1-4H3,(H2,25,27)(H,26,28,29). The van der Waals surface area contributed by atoms with Crippen molar-refractivity contribution in [3.05, 3.63) is 34.9 Å². The predicted octanol–water partition coefficient (Wildman–Crippen LogP) is 4.66. The second kappa shape index (κ2) is 9.86. The molecule has 0 radical (unpaired) electrons. The van der Waals surface area contributed by atoms with Gasteiger partial charge < -0.3 is 15.8 Å². The van der Waals surface area contributed by atoms with Gasteiger partial charge in [-0.1, -0.05) is 43.9 Å². The molecule has 1 amide bonds. The van der Waals surface area contributed by atoms with Crippen LogP contribution in [0.1, 0.15) is 49.8 Å². The minimum Gasteiger partial charge on any atom is -0.497 e. The molecular formula is C22H22N6O2S2. The van der Waals surface area contributed by atoms with E-state index in [0.717, 1.165) is 16.0 Å². The molecule has 2 aromatic heterocycles. The van der Waals surface area contributed by atoms with Crippen molar-refractivity contribution >= 4 is 50.2 Å². The Hall–Kier alpha value is -3.34. The number of benzene rings is 1. The quantitative estimate of drug-likeness (QED) is 0.480. The lowest BCUT2D eigenvalue weighted by atomic mass is 9.94. The van der Waals surface area contributed by atoms with Gasteiger partial charge in [0.2, 0.25) is 5.91 Å². The molecule has 0 bridgehead atoms. The Morgan fingerprint density at radius 1 is 1.28 bits per heavy atom. The first-order valence-electron chi connectivity index (χ1n) is 9.88. The molecule has 32 heavy (non-hydrogen) atoms. The summed E-state index contributed by atoms with van der Waals surface area (Å²) in [5, 5.41) is 22.4. The monoisotopic (exact) mass is 466 g/mol. The van der Waals surface area contributed by atoms with Crippen molar-refractivity contribution in [2.45, 2.75) is 43.4 Å². The predicted molar refractivity (Wildman–Crippen MR) is 127 cm³/mol. The Balaban J connectivity index is 1.89. The molecule has 10 heteroatoms. The molecule has 0 saturated heterocycles.